The lowest BCUT2D eigenvalue weighted by molar-refractivity contribution is -0.123. The van der Waals surface area contributed by atoms with Gasteiger partial charge in [-0.15, -0.1) is 0 Å². The van der Waals surface area contributed by atoms with Crippen molar-refractivity contribution in [3.8, 4) is 11.5 Å². The summed E-state index contributed by atoms with van der Waals surface area (Å²) in [6.07, 6.45) is -0.304. The van der Waals surface area contributed by atoms with E-state index < -0.39 is 12.1 Å². The summed E-state index contributed by atoms with van der Waals surface area (Å²) in [6.45, 7) is 0.615. The zero-order chi connectivity index (χ0) is 22.2. The van der Waals surface area contributed by atoms with Crippen molar-refractivity contribution >= 4 is 12.0 Å². The van der Waals surface area contributed by atoms with Crippen molar-refractivity contribution in [3.63, 3.8) is 0 Å². The third kappa shape index (κ3) is 5.78. The maximum absolute atomic E-state index is 12.9. The molecule has 0 fully saturated rings. The fourth-order valence-electron chi connectivity index (χ4n) is 3.33. The molecule has 4 rings (SSSR count). The van der Waals surface area contributed by atoms with E-state index in [1.807, 2.05) is 78.9 Å². The number of ether oxygens (including phenoxy) is 3. The molecule has 0 bridgehead atoms. The first-order chi connectivity index (χ1) is 15.7. The minimum absolute atomic E-state index is 0.129. The van der Waals surface area contributed by atoms with Gasteiger partial charge in [0.2, 0.25) is 12.7 Å². The van der Waals surface area contributed by atoms with Crippen molar-refractivity contribution in [1.29, 1.82) is 0 Å². The molecule has 0 saturated heterocycles. The van der Waals surface area contributed by atoms with E-state index in [9.17, 15) is 9.59 Å². The molecule has 3 aromatic rings. The van der Waals surface area contributed by atoms with Gasteiger partial charge in [-0.05, 0) is 28.8 Å². The quantitative estimate of drug-likeness (QED) is 0.568. The minimum Gasteiger partial charge on any atom is -0.454 e. The maximum Gasteiger partial charge on any atom is 0.408 e. The molecule has 1 aliphatic heterocycles. The Labute approximate surface area is 186 Å². The molecule has 7 heteroatoms. The van der Waals surface area contributed by atoms with Crippen LogP contribution in [0.25, 0.3) is 0 Å². The minimum atomic E-state index is -0.783. The van der Waals surface area contributed by atoms with Gasteiger partial charge < -0.3 is 24.8 Å². The first kappa shape index (κ1) is 21.2. The lowest BCUT2D eigenvalue weighted by Crippen LogP contribution is -2.48. The molecule has 0 aliphatic carbocycles. The van der Waals surface area contributed by atoms with Gasteiger partial charge in [-0.3, -0.25) is 4.79 Å². The van der Waals surface area contributed by atoms with Crippen molar-refractivity contribution in [3.05, 3.63) is 95.6 Å². The Kier molecular flexibility index (Phi) is 6.87. The number of carbonyl (C=O) groups is 2. The highest BCUT2D eigenvalue weighted by atomic mass is 16.7. The van der Waals surface area contributed by atoms with Gasteiger partial charge in [0, 0.05) is 13.0 Å². The molecule has 1 aliphatic rings. The summed E-state index contributed by atoms with van der Waals surface area (Å²) in [4.78, 5) is 25.3. The average Bonchev–Trinajstić information content (AvgIpc) is 3.30. The van der Waals surface area contributed by atoms with E-state index in [0.717, 1.165) is 16.7 Å². The first-order valence-electron chi connectivity index (χ1n) is 10.3. The van der Waals surface area contributed by atoms with Crippen LogP contribution in [0.3, 0.4) is 0 Å². The van der Waals surface area contributed by atoms with E-state index in [2.05, 4.69) is 10.6 Å². The molecule has 1 heterocycles. The second-order valence-electron chi connectivity index (χ2n) is 7.35. The third-order valence-electron chi connectivity index (χ3n) is 5.01. The second-order valence-corrected chi connectivity index (χ2v) is 7.35. The van der Waals surface area contributed by atoms with Gasteiger partial charge in [0.15, 0.2) is 11.5 Å². The monoisotopic (exact) mass is 432 g/mol. The largest absolute Gasteiger partial charge is 0.454 e. The van der Waals surface area contributed by atoms with E-state index in [-0.39, 0.29) is 19.3 Å². The molecule has 3 aromatic carbocycles. The highest BCUT2D eigenvalue weighted by Gasteiger charge is 2.22. The summed E-state index contributed by atoms with van der Waals surface area (Å²) in [5.41, 5.74) is 2.67. The molecule has 0 radical (unpaired) electrons. The van der Waals surface area contributed by atoms with Crippen LogP contribution >= 0.6 is 0 Å². The third-order valence-corrected chi connectivity index (χ3v) is 5.01. The van der Waals surface area contributed by atoms with Gasteiger partial charge in [0.05, 0.1) is 0 Å². The van der Waals surface area contributed by atoms with Crippen LogP contribution in [0.1, 0.15) is 16.7 Å². The van der Waals surface area contributed by atoms with Crippen molar-refractivity contribution < 1.29 is 23.8 Å². The van der Waals surface area contributed by atoms with E-state index >= 15 is 0 Å². The van der Waals surface area contributed by atoms with Crippen LogP contribution in [0.15, 0.2) is 78.9 Å². The zero-order valence-electron chi connectivity index (χ0n) is 17.5. The van der Waals surface area contributed by atoms with Crippen molar-refractivity contribution in [1.82, 2.24) is 10.6 Å². The van der Waals surface area contributed by atoms with Crippen LogP contribution in [0.2, 0.25) is 0 Å². The lowest BCUT2D eigenvalue weighted by Gasteiger charge is -2.19. The predicted molar refractivity (Wildman–Crippen MR) is 118 cm³/mol. The van der Waals surface area contributed by atoms with Gasteiger partial charge in [-0.2, -0.15) is 0 Å². The molecule has 2 amide bonds. The van der Waals surface area contributed by atoms with Crippen molar-refractivity contribution in [2.45, 2.75) is 25.6 Å². The normalized spacial score (nSPS) is 12.6. The predicted octanol–water partition coefficient (Wildman–Crippen LogP) is 3.57. The highest BCUT2D eigenvalue weighted by Crippen LogP contribution is 2.32. The van der Waals surface area contributed by atoms with Gasteiger partial charge >= 0.3 is 6.09 Å². The van der Waals surface area contributed by atoms with E-state index in [4.69, 9.17) is 14.2 Å². The van der Waals surface area contributed by atoms with Crippen LogP contribution in [0.4, 0.5) is 4.79 Å². The molecule has 164 valence electrons. The summed E-state index contributed by atoms with van der Waals surface area (Å²) in [5.74, 6) is 1.04. The van der Waals surface area contributed by atoms with Gasteiger partial charge in [-0.1, -0.05) is 66.7 Å². The zero-order valence-corrected chi connectivity index (χ0v) is 17.5. The maximum atomic E-state index is 12.9. The summed E-state index contributed by atoms with van der Waals surface area (Å²) in [6, 6.07) is 23.6. The van der Waals surface area contributed by atoms with Crippen molar-refractivity contribution in [2.75, 3.05) is 6.79 Å². The first-order valence-corrected chi connectivity index (χ1v) is 10.3. The Morgan fingerprint density at radius 2 is 1.53 bits per heavy atom. The second kappa shape index (κ2) is 10.3. The summed E-state index contributed by atoms with van der Waals surface area (Å²) < 4.78 is 16.0. The molecule has 0 spiro atoms. The van der Waals surface area contributed by atoms with Gasteiger partial charge in [-0.25, -0.2) is 4.79 Å². The molecule has 32 heavy (non-hydrogen) atoms. The Morgan fingerprint density at radius 1 is 0.844 bits per heavy atom. The number of amides is 2. The smallest absolute Gasteiger partial charge is 0.408 e. The van der Waals surface area contributed by atoms with Gasteiger partial charge in [0.1, 0.15) is 12.6 Å². The molecular weight excluding hydrogens is 408 g/mol. The van der Waals surface area contributed by atoms with Crippen LogP contribution < -0.4 is 20.1 Å². The molecule has 2 N–H and O–H groups in total. The number of hydrogen-bond acceptors (Lipinski definition) is 5. The fourth-order valence-corrected chi connectivity index (χ4v) is 3.33. The van der Waals surface area contributed by atoms with Crippen LogP contribution in [0, 0.1) is 0 Å². The Morgan fingerprint density at radius 3 is 2.28 bits per heavy atom. The molecule has 1 unspecified atom stereocenters. The van der Waals surface area contributed by atoms with Crippen molar-refractivity contribution in [2.24, 2.45) is 0 Å². The number of carbonyl (C=O) groups excluding carboxylic acids is 2. The summed E-state index contributed by atoms with van der Waals surface area (Å²) in [7, 11) is 0. The number of alkyl carbamates (subject to hydrolysis) is 1. The van der Waals surface area contributed by atoms with Crippen LogP contribution in [-0.4, -0.2) is 24.8 Å². The number of benzene rings is 3. The average molecular weight is 432 g/mol. The number of rotatable bonds is 8. The number of fused-ring (bicyclic) bond motifs is 1. The Bertz CT molecular complexity index is 1060. The van der Waals surface area contributed by atoms with Crippen LogP contribution in [0.5, 0.6) is 11.5 Å². The van der Waals surface area contributed by atoms with Gasteiger partial charge in [0.25, 0.3) is 0 Å². The van der Waals surface area contributed by atoms with E-state index in [1.54, 1.807) is 0 Å². The molecule has 1 atom stereocenters. The van der Waals surface area contributed by atoms with E-state index in [1.165, 1.54) is 0 Å². The Hall–Kier alpha value is -4.00. The topological polar surface area (TPSA) is 85.9 Å². The standard InChI is InChI=1S/C25H24N2O5/c28-24(26-15-20-11-12-22-23(14-20)32-17-31-22)21(13-18-7-3-1-4-8-18)27-25(29)30-16-19-9-5-2-6-10-19/h1-12,14,21H,13,15-17H2,(H,26,28)(H,27,29). The molecular formula is C25H24N2O5. The lowest BCUT2D eigenvalue weighted by atomic mass is 10.1. The molecule has 7 nitrogen and oxygen atoms in total. The Balaban J connectivity index is 1.37. The molecule has 0 saturated carbocycles. The van der Waals surface area contributed by atoms with E-state index in [0.29, 0.717) is 24.5 Å². The highest BCUT2D eigenvalue weighted by molar-refractivity contribution is 5.85. The fraction of sp³-hybridized carbons (Fsp3) is 0.200. The summed E-state index contributed by atoms with van der Waals surface area (Å²) in [5, 5.41) is 5.58. The van der Waals surface area contributed by atoms with Crippen LogP contribution in [-0.2, 0) is 29.1 Å². The molecule has 0 aromatic heterocycles. The SMILES string of the molecule is O=C(NC(Cc1ccccc1)C(=O)NCc1ccc2c(c1)OCO2)OCc1ccccc1. The summed E-state index contributed by atoms with van der Waals surface area (Å²) >= 11 is 0. The number of hydrogen-bond donors (Lipinski definition) is 2. The number of nitrogens with one attached hydrogen (secondary N) is 2.